The van der Waals surface area contributed by atoms with Crippen LogP contribution in [0.3, 0.4) is 0 Å². The third kappa shape index (κ3) is 5.06. The van der Waals surface area contributed by atoms with Crippen LogP contribution >= 0.6 is 11.6 Å². The Kier molecular flexibility index (Phi) is 6.75. The van der Waals surface area contributed by atoms with Gasteiger partial charge >= 0.3 is 0 Å². The largest absolute Gasteiger partial charge is 0.478 e. The molecule has 0 saturated carbocycles. The lowest BCUT2D eigenvalue weighted by molar-refractivity contribution is 0.184. The fourth-order valence-corrected chi connectivity index (χ4v) is 1.80. The molecule has 1 N–H and O–H groups in total. The van der Waals surface area contributed by atoms with Gasteiger partial charge in [-0.1, -0.05) is 0 Å². The van der Waals surface area contributed by atoms with Crippen molar-refractivity contribution in [3.63, 3.8) is 0 Å². The molecular formula is C12H20ClN3O2. The molecule has 0 aliphatic carbocycles. The van der Waals surface area contributed by atoms with Crippen LogP contribution in [0.15, 0.2) is 6.07 Å². The molecule has 102 valence electrons. The second kappa shape index (κ2) is 8.11. The summed E-state index contributed by atoms with van der Waals surface area (Å²) in [7, 11) is 1.66. The summed E-state index contributed by atoms with van der Waals surface area (Å²) in [5, 5.41) is 3.21. The summed E-state index contributed by atoms with van der Waals surface area (Å²) in [6, 6.07) is 1.91. The highest BCUT2D eigenvalue weighted by atomic mass is 35.5. The zero-order valence-electron chi connectivity index (χ0n) is 11.1. The highest BCUT2D eigenvalue weighted by Gasteiger charge is 2.10. The van der Waals surface area contributed by atoms with Crippen LogP contribution in [0.1, 0.15) is 19.0 Å². The van der Waals surface area contributed by atoms with E-state index in [9.17, 15) is 0 Å². The molecule has 0 bridgehead atoms. The van der Waals surface area contributed by atoms with Crippen LogP contribution in [0.25, 0.3) is 0 Å². The van der Waals surface area contributed by atoms with Crippen molar-refractivity contribution in [1.29, 1.82) is 0 Å². The predicted octanol–water partition coefficient (Wildman–Crippen LogP) is 2.24. The highest BCUT2D eigenvalue weighted by Crippen LogP contribution is 2.13. The maximum Gasteiger partial charge on any atom is 0.226 e. The van der Waals surface area contributed by atoms with Gasteiger partial charge in [0.25, 0.3) is 0 Å². The number of hydrogen-bond donors (Lipinski definition) is 1. The van der Waals surface area contributed by atoms with E-state index < -0.39 is 0 Å². The minimum Gasteiger partial charge on any atom is -0.478 e. The Bertz CT molecular complexity index is 357. The maximum absolute atomic E-state index is 5.75. The van der Waals surface area contributed by atoms with Crippen molar-refractivity contribution in [3.8, 4) is 5.88 Å². The summed E-state index contributed by atoms with van der Waals surface area (Å²) >= 11 is 5.75. The topological polar surface area (TPSA) is 56.3 Å². The molecule has 1 heterocycles. The van der Waals surface area contributed by atoms with Gasteiger partial charge in [0.15, 0.2) is 0 Å². The molecule has 0 spiro atoms. The first-order chi connectivity index (χ1) is 8.69. The van der Waals surface area contributed by atoms with E-state index in [1.165, 1.54) is 0 Å². The van der Waals surface area contributed by atoms with Gasteiger partial charge in [0.1, 0.15) is 0 Å². The minimum atomic E-state index is 0.101. The van der Waals surface area contributed by atoms with Crippen LogP contribution < -0.4 is 10.1 Å². The fourth-order valence-electron chi connectivity index (χ4n) is 1.54. The molecule has 1 unspecified atom stereocenters. The van der Waals surface area contributed by atoms with Crippen molar-refractivity contribution in [2.45, 2.75) is 26.3 Å². The van der Waals surface area contributed by atoms with Crippen LogP contribution in [-0.4, -0.2) is 42.2 Å². The number of anilines is 1. The van der Waals surface area contributed by atoms with E-state index in [1.54, 1.807) is 7.11 Å². The number of halogens is 1. The lowest BCUT2D eigenvalue weighted by atomic mass is 10.2. The molecule has 0 aliphatic heterocycles. The smallest absolute Gasteiger partial charge is 0.226 e. The standard InChI is InChI=1S/C12H20ClN3O2/c1-4-18-11-7-9(2)14-12(16-11)15-10(5-6-13)8-17-3/h7,10H,4-6,8H2,1-3H3,(H,14,15,16). The number of rotatable bonds is 8. The quantitative estimate of drug-likeness (QED) is 0.736. The monoisotopic (exact) mass is 273 g/mol. The van der Waals surface area contributed by atoms with Crippen molar-refractivity contribution in [2.75, 3.05) is 31.5 Å². The Balaban J connectivity index is 2.74. The Labute approximate surface area is 113 Å². The van der Waals surface area contributed by atoms with Crippen molar-refractivity contribution in [1.82, 2.24) is 9.97 Å². The first kappa shape index (κ1) is 15.0. The number of hydrogen-bond acceptors (Lipinski definition) is 5. The van der Waals surface area contributed by atoms with Gasteiger partial charge in [0, 0.05) is 24.8 Å². The van der Waals surface area contributed by atoms with Gasteiger partial charge in [0.2, 0.25) is 11.8 Å². The first-order valence-corrected chi connectivity index (χ1v) is 6.53. The van der Waals surface area contributed by atoms with E-state index in [0.717, 1.165) is 12.1 Å². The molecule has 1 aromatic rings. The van der Waals surface area contributed by atoms with Crippen molar-refractivity contribution in [2.24, 2.45) is 0 Å². The van der Waals surface area contributed by atoms with E-state index in [2.05, 4.69) is 15.3 Å². The summed E-state index contributed by atoms with van der Waals surface area (Å²) in [5.74, 6) is 1.69. The molecule has 1 aromatic heterocycles. The number of ether oxygens (including phenoxy) is 2. The van der Waals surface area contributed by atoms with Crippen LogP contribution in [0.2, 0.25) is 0 Å². The molecule has 18 heavy (non-hydrogen) atoms. The fraction of sp³-hybridized carbons (Fsp3) is 0.667. The molecule has 0 amide bonds. The lowest BCUT2D eigenvalue weighted by Gasteiger charge is -2.17. The molecular weight excluding hydrogens is 254 g/mol. The average molecular weight is 274 g/mol. The number of aryl methyl sites for hydroxylation is 1. The third-order valence-corrected chi connectivity index (χ3v) is 2.50. The van der Waals surface area contributed by atoms with Crippen molar-refractivity contribution in [3.05, 3.63) is 11.8 Å². The zero-order valence-corrected chi connectivity index (χ0v) is 11.8. The first-order valence-electron chi connectivity index (χ1n) is 5.99. The number of alkyl halides is 1. The van der Waals surface area contributed by atoms with Gasteiger partial charge < -0.3 is 14.8 Å². The van der Waals surface area contributed by atoms with Crippen LogP contribution in [0.4, 0.5) is 5.95 Å². The lowest BCUT2D eigenvalue weighted by Crippen LogP contribution is -2.26. The molecule has 0 aliphatic rings. The van der Waals surface area contributed by atoms with Crippen LogP contribution in [-0.2, 0) is 4.74 Å². The second-order valence-electron chi connectivity index (χ2n) is 3.88. The van der Waals surface area contributed by atoms with E-state index in [4.69, 9.17) is 21.1 Å². The predicted molar refractivity (Wildman–Crippen MR) is 72.6 cm³/mol. The SMILES string of the molecule is CCOc1cc(C)nc(NC(CCCl)COC)n1. The molecule has 1 rings (SSSR count). The summed E-state index contributed by atoms with van der Waals surface area (Å²) < 4.78 is 10.5. The molecule has 0 fully saturated rings. The molecule has 0 radical (unpaired) electrons. The van der Waals surface area contributed by atoms with Gasteiger partial charge in [-0.3, -0.25) is 0 Å². The molecule has 5 nitrogen and oxygen atoms in total. The number of methoxy groups -OCH3 is 1. The Morgan fingerprint density at radius 3 is 2.83 bits per heavy atom. The number of aromatic nitrogens is 2. The van der Waals surface area contributed by atoms with Crippen LogP contribution in [0, 0.1) is 6.92 Å². The summed E-state index contributed by atoms with van der Waals surface area (Å²) in [4.78, 5) is 8.60. The summed E-state index contributed by atoms with van der Waals surface area (Å²) in [6.07, 6.45) is 0.788. The normalized spacial score (nSPS) is 12.2. The zero-order chi connectivity index (χ0) is 13.4. The van der Waals surface area contributed by atoms with Gasteiger partial charge in [0.05, 0.1) is 19.3 Å². The Morgan fingerprint density at radius 2 is 2.22 bits per heavy atom. The summed E-state index contributed by atoms with van der Waals surface area (Å²) in [5.41, 5.74) is 0.859. The number of nitrogens with one attached hydrogen (secondary N) is 1. The van der Waals surface area contributed by atoms with Crippen molar-refractivity contribution >= 4 is 17.5 Å². The van der Waals surface area contributed by atoms with Gasteiger partial charge in [-0.15, -0.1) is 11.6 Å². The summed E-state index contributed by atoms with van der Waals surface area (Å²) in [6.45, 7) is 4.97. The third-order valence-electron chi connectivity index (χ3n) is 2.28. The molecule has 0 saturated heterocycles. The van der Waals surface area contributed by atoms with E-state index in [1.807, 2.05) is 19.9 Å². The maximum atomic E-state index is 5.75. The van der Waals surface area contributed by atoms with Crippen molar-refractivity contribution < 1.29 is 9.47 Å². The molecule has 1 atom stereocenters. The van der Waals surface area contributed by atoms with Gasteiger partial charge in [-0.2, -0.15) is 4.98 Å². The number of nitrogens with zero attached hydrogens (tertiary/aromatic N) is 2. The second-order valence-corrected chi connectivity index (χ2v) is 4.26. The minimum absolute atomic E-state index is 0.101. The molecule has 6 heteroatoms. The van der Waals surface area contributed by atoms with E-state index >= 15 is 0 Å². The highest BCUT2D eigenvalue weighted by molar-refractivity contribution is 6.17. The van der Waals surface area contributed by atoms with Crippen LogP contribution in [0.5, 0.6) is 5.88 Å². The van der Waals surface area contributed by atoms with Gasteiger partial charge in [-0.25, -0.2) is 4.98 Å². The van der Waals surface area contributed by atoms with E-state index in [-0.39, 0.29) is 6.04 Å². The molecule has 0 aromatic carbocycles. The van der Waals surface area contributed by atoms with Gasteiger partial charge in [-0.05, 0) is 20.3 Å². The van der Waals surface area contributed by atoms with E-state index in [0.29, 0.717) is 30.9 Å². The Morgan fingerprint density at radius 1 is 1.44 bits per heavy atom. The average Bonchev–Trinajstić information content (AvgIpc) is 2.29. The Hall–Kier alpha value is -1.07.